The van der Waals surface area contributed by atoms with Crippen molar-refractivity contribution in [1.29, 1.82) is 0 Å². The summed E-state index contributed by atoms with van der Waals surface area (Å²) in [7, 11) is 3.34. The third-order valence-electron chi connectivity index (χ3n) is 1.71. The maximum absolute atomic E-state index is 5.21. The zero-order valence-corrected chi connectivity index (χ0v) is 9.76. The van der Waals surface area contributed by atoms with E-state index < -0.39 is 0 Å². The van der Waals surface area contributed by atoms with Crippen LogP contribution in [0.1, 0.15) is 5.56 Å². The van der Waals surface area contributed by atoms with E-state index in [1.165, 1.54) is 5.56 Å². The third kappa shape index (κ3) is 1.95. The van der Waals surface area contributed by atoms with Crippen molar-refractivity contribution in [2.45, 2.75) is 5.21 Å². The molecule has 2 nitrogen and oxygen atoms in total. The Bertz CT molecular complexity index is 261. The van der Waals surface area contributed by atoms with Crippen molar-refractivity contribution in [3.63, 3.8) is 0 Å². The summed E-state index contributed by atoms with van der Waals surface area (Å²) < 4.78 is 10.3. The molecule has 1 aromatic carbocycles. The van der Waals surface area contributed by atoms with Gasteiger partial charge in [-0.15, -0.1) is 0 Å². The molecule has 0 aliphatic rings. The van der Waals surface area contributed by atoms with Gasteiger partial charge in [-0.3, -0.25) is 0 Å². The molecule has 0 spiro atoms. The van der Waals surface area contributed by atoms with E-state index in [9.17, 15) is 0 Å². The van der Waals surface area contributed by atoms with Crippen molar-refractivity contribution in [3.8, 4) is 11.5 Å². The van der Waals surface area contributed by atoms with Gasteiger partial charge in [0.1, 0.15) is 0 Å². The molecule has 1 atom stereocenters. The van der Waals surface area contributed by atoms with Crippen molar-refractivity contribution in [2.24, 2.45) is 0 Å². The molecule has 0 aliphatic carbocycles. The molecule has 0 fully saturated rings. The number of methoxy groups -OCH3 is 2. The first-order valence-corrected chi connectivity index (χ1v) is 5.44. The maximum atomic E-state index is 5.21. The van der Waals surface area contributed by atoms with Crippen LogP contribution in [-0.4, -0.2) is 31.1 Å². The normalized spacial score (nSPS) is 9.58. The fourth-order valence-corrected chi connectivity index (χ4v) is 1.73. The van der Waals surface area contributed by atoms with Crippen LogP contribution in [0.25, 0.3) is 0 Å². The van der Waals surface area contributed by atoms with Gasteiger partial charge < -0.3 is 0 Å². The molecule has 0 N–H and O–H groups in total. The van der Waals surface area contributed by atoms with Crippen LogP contribution in [0.15, 0.2) is 18.2 Å². The summed E-state index contributed by atoms with van der Waals surface area (Å²) >= 11 is 1.68. The minimum atomic E-state index is 0.844. The second kappa shape index (κ2) is 4.42. The van der Waals surface area contributed by atoms with Gasteiger partial charge in [-0.05, 0) is 0 Å². The predicted octanol–water partition coefficient (Wildman–Crippen LogP) is 0.837. The van der Waals surface area contributed by atoms with Crippen LogP contribution in [0.5, 0.6) is 11.5 Å². The molecule has 3 heteroatoms. The van der Waals surface area contributed by atoms with E-state index >= 15 is 0 Å². The van der Waals surface area contributed by atoms with Crippen molar-refractivity contribution in [3.05, 3.63) is 23.8 Å². The molecule has 0 aliphatic heterocycles. The Hall–Kier alpha value is -0.622. The monoisotopic (exact) mass is 228 g/mol. The van der Waals surface area contributed by atoms with E-state index in [1.54, 1.807) is 31.1 Å². The van der Waals surface area contributed by atoms with Crippen LogP contribution in [0.3, 0.4) is 0 Å². The van der Waals surface area contributed by atoms with E-state index in [0.29, 0.717) is 0 Å². The molecule has 0 aromatic heterocycles. The number of rotatable bonds is 3. The number of hydrogen-bond acceptors (Lipinski definition) is 2. The van der Waals surface area contributed by atoms with Crippen molar-refractivity contribution < 1.29 is 9.47 Å². The van der Waals surface area contributed by atoms with Gasteiger partial charge >= 0.3 is 81.0 Å². The molecule has 0 radical (unpaired) electrons. The summed E-state index contributed by atoms with van der Waals surface area (Å²) in [5.41, 5.74) is 1.23. The van der Waals surface area contributed by atoms with Gasteiger partial charge in [0, 0.05) is 0 Å². The van der Waals surface area contributed by atoms with Gasteiger partial charge in [-0.2, -0.15) is 0 Å². The van der Waals surface area contributed by atoms with Crippen LogP contribution < -0.4 is 9.47 Å². The first-order chi connectivity index (χ1) is 5.81. The van der Waals surface area contributed by atoms with E-state index in [0.717, 1.165) is 16.7 Å². The summed E-state index contributed by atoms with van der Waals surface area (Å²) in [5.74, 6) is 1.76. The van der Waals surface area contributed by atoms with Crippen LogP contribution >= 0.6 is 0 Å². The summed E-state index contributed by atoms with van der Waals surface area (Å²) in [6.07, 6.45) is 0. The zero-order chi connectivity index (χ0) is 8.97. The molecule has 1 aromatic rings. The van der Waals surface area contributed by atoms with E-state index in [1.807, 2.05) is 18.2 Å². The van der Waals surface area contributed by atoms with Crippen LogP contribution in [0.4, 0.5) is 0 Å². The van der Waals surface area contributed by atoms with Gasteiger partial charge in [0.2, 0.25) is 0 Å². The molecule has 1 unspecified atom stereocenters. The van der Waals surface area contributed by atoms with E-state index in [2.05, 4.69) is 0 Å². The average Bonchev–Trinajstić information content (AvgIpc) is 2.16. The van der Waals surface area contributed by atoms with E-state index in [4.69, 9.17) is 9.47 Å². The quantitative estimate of drug-likeness (QED) is 0.713. The van der Waals surface area contributed by atoms with Crippen molar-refractivity contribution >= 4 is 16.9 Å². The Kier molecular flexibility index (Phi) is 3.48. The standard InChI is InChI=1S/C9H13AsO2/c1-11-8-4-3-7(6-10)9(5-8)12-2/h3-5H,6,10H2,1-2H3. The SMILES string of the molecule is COc1ccc(C[AsH2])c(OC)c1. The van der Waals surface area contributed by atoms with Gasteiger partial charge in [0.05, 0.1) is 0 Å². The van der Waals surface area contributed by atoms with Gasteiger partial charge in [0.25, 0.3) is 0 Å². The molecule has 0 bridgehead atoms. The molecular formula is C9H13AsO2. The van der Waals surface area contributed by atoms with Gasteiger partial charge in [0.15, 0.2) is 0 Å². The topological polar surface area (TPSA) is 18.5 Å². The molecule has 1 rings (SSSR count). The summed E-state index contributed by atoms with van der Waals surface area (Å²) in [4.78, 5) is 0. The van der Waals surface area contributed by atoms with Crippen molar-refractivity contribution in [1.82, 2.24) is 0 Å². The predicted molar refractivity (Wildman–Crippen MR) is 51.8 cm³/mol. The first kappa shape index (κ1) is 9.47. The number of benzene rings is 1. The van der Waals surface area contributed by atoms with E-state index in [-0.39, 0.29) is 0 Å². The second-order valence-electron chi connectivity index (χ2n) is 2.38. The molecule has 12 heavy (non-hydrogen) atoms. The van der Waals surface area contributed by atoms with Gasteiger partial charge in [-0.25, -0.2) is 0 Å². The third-order valence-corrected chi connectivity index (χ3v) is 2.64. The Morgan fingerprint density at radius 3 is 2.50 bits per heavy atom. The van der Waals surface area contributed by atoms with Gasteiger partial charge in [-0.1, -0.05) is 0 Å². The summed E-state index contributed by atoms with van der Waals surface area (Å²) in [6, 6.07) is 5.91. The molecule has 0 saturated heterocycles. The molecule has 0 heterocycles. The number of hydrogen-bond donors (Lipinski definition) is 0. The van der Waals surface area contributed by atoms with Crippen LogP contribution in [0, 0.1) is 0 Å². The molecule has 0 saturated carbocycles. The number of ether oxygens (including phenoxy) is 2. The zero-order valence-electron chi connectivity index (χ0n) is 7.33. The van der Waals surface area contributed by atoms with Crippen molar-refractivity contribution in [2.75, 3.05) is 14.2 Å². The Morgan fingerprint density at radius 2 is 2.00 bits per heavy atom. The molecule has 66 valence electrons. The summed E-state index contributed by atoms with van der Waals surface area (Å²) in [6.45, 7) is 0. The average molecular weight is 228 g/mol. The first-order valence-electron chi connectivity index (χ1n) is 3.72. The molecule has 0 amide bonds. The Labute approximate surface area is 81.4 Å². The Balaban J connectivity index is 3.02. The summed E-state index contributed by atoms with van der Waals surface area (Å²) in [5, 5.41) is 1.04. The minimum absolute atomic E-state index is 0.844. The Morgan fingerprint density at radius 1 is 1.25 bits per heavy atom. The second-order valence-corrected chi connectivity index (χ2v) is 3.24. The fraction of sp³-hybridized carbons (Fsp3) is 0.333. The van der Waals surface area contributed by atoms with Crippen LogP contribution in [-0.2, 0) is 5.21 Å². The fourth-order valence-electron chi connectivity index (χ4n) is 1.02. The molecular weight excluding hydrogens is 215 g/mol. The van der Waals surface area contributed by atoms with Crippen LogP contribution in [0.2, 0.25) is 0 Å².